The third-order valence-corrected chi connectivity index (χ3v) is 4.02. The molecule has 0 saturated carbocycles. The van der Waals surface area contributed by atoms with Crippen LogP contribution in [0.1, 0.15) is 0 Å². The number of halogens is 1. The van der Waals surface area contributed by atoms with E-state index in [2.05, 4.69) is 15.9 Å². The maximum atomic E-state index is 12.8. The molecule has 0 spiro atoms. The van der Waals surface area contributed by atoms with Gasteiger partial charge in [0, 0.05) is 4.47 Å². The van der Waals surface area contributed by atoms with Gasteiger partial charge in [-0.1, -0.05) is 28.1 Å². The van der Waals surface area contributed by atoms with E-state index >= 15 is 0 Å². The molecule has 1 aliphatic heterocycles. The second-order valence-electron chi connectivity index (χ2n) is 4.92. The van der Waals surface area contributed by atoms with Crippen molar-refractivity contribution in [2.24, 2.45) is 0 Å². The van der Waals surface area contributed by atoms with E-state index in [4.69, 9.17) is 13.9 Å². The molecule has 4 rings (SSSR count). The van der Waals surface area contributed by atoms with Crippen LogP contribution in [0.25, 0.3) is 22.3 Å². The topological polar surface area (TPSA) is 48.7 Å². The Labute approximate surface area is 134 Å². The van der Waals surface area contributed by atoms with Crippen LogP contribution in [0.4, 0.5) is 0 Å². The first-order chi connectivity index (χ1) is 10.7. The van der Waals surface area contributed by atoms with Gasteiger partial charge >= 0.3 is 0 Å². The van der Waals surface area contributed by atoms with Gasteiger partial charge in [-0.2, -0.15) is 0 Å². The molecule has 0 unspecified atom stereocenters. The van der Waals surface area contributed by atoms with Gasteiger partial charge in [0.15, 0.2) is 5.76 Å². The van der Waals surface area contributed by atoms with Crippen molar-refractivity contribution in [2.45, 2.75) is 0 Å². The van der Waals surface area contributed by atoms with E-state index in [0.29, 0.717) is 35.7 Å². The van der Waals surface area contributed by atoms with Gasteiger partial charge in [-0.05, 0) is 30.3 Å². The van der Waals surface area contributed by atoms with Gasteiger partial charge < -0.3 is 13.9 Å². The van der Waals surface area contributed by atoms with Gasteiger partial charge in [0.2, 0.25) is 11.2 Å². The zero-order valence-electron chi connectivity index (χ0n) is 11.5. The Bertz CT molecular complexity index is 930. The second-order valence-corrected chi connectivity index (χ2v) is 5.84. The highest BCUT2D eigenvalue weighted by atomic mass is 79.9. The zero-order chi connectivity index (χ0) is 15.1. The van der Waals surface area contributed by atoms with Crippen LogP contribution in [0.5, 0.6) is 11.5 Å². The Morgan fingerprint density at radius 2 is 1.82 bits per heavy atom. The average Bonchev–Trinajstić information content (AvgIpc) is 2.52. The van der Waals surface area contributed by atoms with Crippen molar-refractivity contribution in [2.75, 3.05) is 13.2 Å². The first-order valence-electron chi connectivity index (χ1n) is 6.85. The molecule has 1 aliphatic rings. The lowest BCUT2D eigenvalue weighted by Crippen LogP contribution is -2.17. The summed E-state index contributed by atoms with van der Waals surface area (Å²) in [4.78, 5) is 12.8. The molecule has 0 radical (unpaired) electrons. The summed E-state index contributed by atoms with van der Waals surface area (Å²) >= 11 is 3.37. The fraction of sp³-hybridized carbons (Fsp3) is 0.118. The number of para-hydroxylation sites is 1. The summed E-state index contributed by atoms with van der Waals surface area (Å²) < 4.78 is 18.1. The monoisotopic (exact) mass is 358 g/mol. The third-order valence-electron chi connectivity index (χ3n) is 3.53. The molecule has 1 aromatic heterocycles. The lowest BCUT2D eigenvalue weighted by atomic mass is 10.1. The molecule has 2 heterocycles. The fourth-order valence-electron chi connectivity index (χ4n) is 2.53. The van der Waals surface area contributed by atoms with Gasteiger partial charge in [0.25, 0.3) is 0 Å². The van der Waals surface area contributed by atoms with Gasteiger partial charge in [0.05, 0.1) is 10.9 Å². The first kappa shape index (κ1) is 13.4. The van der Waals surface area contributed by atoms with Crippen molar-refractivity contribution in [1.29, 1.82) is 0 Å². The Morgan fingerprint density at radius 1 is 1.00 bits per heavy atom. The van der Waals surface area contributed by atoms with E-state index < -0.39 is 0 Å². The lowest BCUT2D eigenvalue weighted by molar-refractivity contribution is 0.209. The molecule has 2 aromatic carbocycles. The van der Waals surface area contributed by atoms with Gasteiger partial charge in [-0.15, -0.1) is 0 Å². The Balaban J connectivity index is 2.10. The quantitative estimate of drug-likeness (QED) is 0.609. The van der Waals surface area contributed by atoms with E-state index in [1.54, 1.807) is 12.1 Å². The van der Waals surface area contributed by atoms with Crippen molar-refractivity contribution in [3.8, 4) is 22.8 Å². The summed E-state index contributed by atoms with van der Waals surface area (Å²) in [6.45, 7) is 0.679. The van der Waals surface area contributed by atoms with E-state index in [1.807, 2.05) is 30.3 Å². The average molecular weight is 359 g/mol. The van der Waals surface area contributed by atoms with Crippen molar-refractivity contribution in [3.63, 3.8) is 0 Å². The Hall–Kier alpha value is -2.27. The van der Waals surface area contributed by atoms with Crippen molar-refractivity contribution >= 4 is 26.9 Å². The van der Waals surface area contributed by atoms with Crippen molar-refractivity contribution in [1.82, 2.24) is 0 Å². The molecule has 0 atom stereocenters. The molecule has 3 aromatic rings. The molecule has 22 heavy (non-hydrogen) atoms. The predicted octanol–water partition coefficient (Wildman–Crippen LogP) is 3.99. The first-order valence-corrected chi connectivity index (χ1v) is 7.65. The summed E-state index contributed by atoms with van der Waals surface area (Å²) in [6.07, 6.45) is 0. The minimum Gasteiger partial charge on any atom is -0.489 e. The SMILES string of the molecule is O=c1c2c(oc3ccc(Br)cc13)-c1ccccc1OCCO2. The van der Waals surface area contributed by atoms with Crippen LogP contribution < -0.4 is 14.9 Å². The standard InChI is InChI=1S/C17H11BrO4/c18-10-5-6-14-12(9-10)15(19)17-16(22-14)11-3-1-2-4-13(11)20-7-8-21-17/h1-6,9H,7-8H2. The minimum atomic E-state index is -0.172. The highest BCUT2D eigenvalue weighted by Crippen LogP contribution is 2.37. The Morgan fingerprint density at radius 3 is 2.73 bits per heavy atom. The van der Waals surface area contributed by atoms with Crippen LogP contribution in [0, 0.1) is 0 Å². The summed E-state index contributed by atoms with van der Waals surface area (Å²) in [5, 5.41) is 0.493. The van der Waals surface area contributed by atoms with E-state index in [9.17, 15) is 4.79 Å². The van der Waals surface area contributed by atoms with Crippen LogP contribution in [0.2, 0.25) is 0 Å². The maximum Gasteiger partial charge on any atom is 0.235 e. The van der Waals surface area contributed by atoms with E-state index in [0.717, 1.165) is 10.0 Å². The van der Waals surface area contributed by atoms with E-state index in [-0.39, 0.29) is 11.2 Å². The molecular formula is C17H11BrO4. The summed E-state index contributed by atoms with van der Waals surface area (Å²) in [6, 6.07) is 12.8. The summed E-state index contributed by atoms with van der Waals surface area (Å²) in [5.74, 6) is 1.34. The van der Waals surface area contributed by atoms with Crippen molar-refractivity contribution in [3.05, 3.63) is 57.2 Å². The van der Waals surface area contributed by atoms with Crippen LogP contribution in [0.3, 0.4) is 0 Å². The molecule has 110 valence electrons. The summed E-state index contributed by atoms with van der Waals surface area (Å²) in [5.41, 5.74) is 1.07. The third kappa shape index (κ3) is 2.09. The smallest absolute Gasteiger partial charge is 0.235 e. The molecule has 0 N–H and O–H groups in total. The fourth-order valence-corrected chi connectivity index (χ4v) is 2.90. The van der Waals surface area contributed by atoms with Crippen LogP contribution in [0.15, 0.2) is 56.1 Å². The molecule has 0 bridgehead atoms. The maximum absolute atomic E-state index is 12.8. The van der Waals surface area contributed by atoms with Crippen molar-refractivity contribution < 1.29 is 13.9 Å². The van der Waals surface area contributed by atoms with Gasteiger partial charge in [-0.3, -0.25) is 4.79 Å². The number of ether oxygens (including phenoxy) is 2. The number of hydrogen-bond acceptors (Lipinski definition) is 4. The molecule has 0 saturated heterocycles. The van der Waals surface area contributed by atoms with Crippen LogP contribution in [-0.4, -0.2) is 13.2 Å². The van der Waals surface area contributed by atoms with Crippen LogP contribution in [-0.2, 0) is 0 Å². The Kier molecular flexibility index (Phi) is 3.15. The number of fused-ring (bicyclic) bond motifs is 4. The van der Waals surface area contributed by atoms with Gasteiger partial charge in [0.1, 0.15) is 24.5 Å². The molecular weight excluding hydrogens is 348 g/mol. The number of benzene rings is 2. The minimum absolute atomic E-state index is 0.172. The van der Waals surface area contributed by atoms with Gasteiger partial charge in [-0.25, -0.2) is 0 Å². The van der Waals surface area contributed by atoms with Crippen LogP contribution >= 0.6 is 15.9 Å². The highest BCUT2D eigenvalue weighted by molar-refractivity contribution is 9.10. The normalized spacial score (nSPS) is 13.3. The number of rotatable bonds is 0. The molecule has 0 fully saturated rings. The second kappa shape index (κ2) is 5.18. The molecule has 0 amide bonds. The lowest BCUT2D eigenvalue weighted by Gasteiger charge is -2.18. The zero-order valence-corrected chi connectivity index (χ0v) is 13.1. The van der Waals surface area contributed by atoms with E-state index in [1.165, 1.54) is 0 Å². The predicted molar refractivity (Wildman–Crippen MR) is 86.6 cm³/mol. The summed E-state index contributed by atoms with van der Waals surface area (Å²) in [7, 11) is 0. The highest BCUT2D eigenvalue weighted by Gasteiger charge is 2.22. The largest absolute Gasteiger partial charge is 0.489 e. The molecule has 0 aliphatic carbocycles. The number of hydrogen-bond donors (Lipinski definition) is 0. The molecule has 4 nitrogen and oxygen atoms in total. The molecule has 5 heteroatoms.